The van der Waals surface area contributed by atoms with E-state index >= 15 is 0 Å². The van der Waals surface area contributed by atoms with E-state index in [9.17, 15) is 0 Å². The molecular formula is C6H12N2S. The maximum atomic E-state index is 3.57. The smallest absolute Gasteiger partial charge is 0.0899 e. The van der Waals surface area contributed by atoms with Gasteiger partial charge < -0.3 is 5.32 Å². The zero-order valence-electron chi connectivity index (χ0n) is 5.61. The van der Waals surface area contributed by atoms with Crippen LogP contribution in [0.25, 0.3) is 0 Å². The van der Waals surface area contributed by atoms with Crippen LogP contribution in [0.5, 0.6) is 0 Å². The van der Waals surface area contributed by atoms with Crippen LogP contribution in [0.4, 0.5) is 0 Å². The molecule has 1 unspecified atom stereocenters. The highest BCUT2D eigenvalue weighted by Crippen LogP contribution is 2.32. The second kappa shape index (κ2) is 1.87. The largest absolute Gasteiger partial charge is 0.311 e. The molecule has 52 valence electrons. The summed E-state index contributed by atoms with van der Waals surface area (Å²) < 4.78 is 0. The summed E-state index contributed by atoms with van der Waals surface area (Å²) in [6, 6.07) is 0.720. The minimum absolute atomic E-state index is 0.444. The molecular weight excluding hydrogens is 132 g/mol. The Morgan fingerprint density at radius 3 is 2.56 bits per heavy atom. The molecule has 1 atom stereocenters. The third-order valence-electron chi connectivity index (χ3n) is 1.94. The van der Waals surface area contributed by atoms with Crippen LogP contribution in [-0.4, -0.2) is 29.8 Å². The van der Waals surface area contributed by atoms with Crippen molar-refractivity contribution in [2.24, 2.45) is 0 Å². The molecule has 2 fully saturated rings. The zero-order chi connectivity index (χ0) is 6.32. The SMILES string of the molecule is CC1CSC2(CNC2)N1. The van der Waals surface area contributed by atoms with Gasteiger partial charge in [-0.1, -0.05) is 0 Å². The fourth-order valence-corrected chi connectivity index (χ4v) is 2.72. The quantitative estimate of drug-likeness (QED) is 0.501. The number of nitrogens with one attached hydrogen (secondary N) is 2. The Morgan fingerprint density at radius 1 is 1.56 bits per heavy atom. The molecule has 2 rings (SSSR count). The number of hydrogen-bond acceptors (Lipinski definition) is 3. The van der Waals surface area contributed by atoms with Gasteiger partial charge in [0.2, 0.25) is 0 Å². The standard InChI is InChI=1S/C6H12N2S/c1-5-2-9-6(8-5)3-7-4-6/h5,7-8H,2-4H2,1H3. The molecule has 0 bridgehead atoms. The van der Waals surface area contributed by atoms with Crippen LogP contribution in [0.2, 0.25) is 0 Å². The third-order valence-corrected chi connectivity index (χ3v) is 3.57. The summed E-state index contributed by atoms with van der Waals surface area (Å²) in [5.41, 5.74) is 0. The van der Waals surface area contributed by atoms with Gasteiger partial charge in [-0.2, -0.15) is 0 Å². The lowest BCUT2D eigenvalue weighted by molar-refractivity contribution is 0.325. The molecule has 0 radical (unpaired) electrons. The highest BCUT2D eigenvalue weighted by molar-refractivity contribution is 8.01. The summed E-state index contributed by atoms with van der Waals surface area (Å²) in [5.74, 6) is 1.28. The highest BCUT2D eigenvalue weighted by Gasteiger charge is 2.42. The Bertz CT molecular complexity index is 122. The summed E-state index contributed by atoms with van der Waals surface area (Å²) in [4.78, 5) is 0.444. The van der Waals surface area contributed by atoms with Crippen molar-refractivity contribution in [2.75, 3.05) is 18.8 Å². The predicted molar refractivity (Wildman–Crippen MR) is 40.7 cm³/mol. The van der Waals surface area contributed by atoms with Crippen molar-refractivity contribution in [1.29, 1.82) is 0 Å². The van der Waals surface area contributed by atoms with Gasteiger partial charge in [0.15, 0.2) is 0 Å². The van der Waals surface area contributed by atoms with Gasteiger partial charge in [0.25, 0.3) is 0 Å². The van der Waals surface area contributed by atoms with E-state index in [-0.39, 0.29) is 0 Å². The van der Waals surface area contributed by atoms with Crippen LogP contribution in [0.15, 0.2) is 0 Å². The van der Waals surface area contributed by atoms with Crippen LogP contribution in [0.3, 0.4) is 0 Å². The van der Waals surface area contributed by atoms with Crippen molar-refractivity contribution in [2.45, 2.75) is 17.8 Å². The highest BCUT2D eigenvalue weighted by atomic mass is 32.2. The van der Waals surface area contributed by atoms with Gasteiger partial charge in [-0.25, -0.2) is 0 Å². The minimum atomic E-state index is 0.444. The maximum absolute atomic E-state index is 3.57. The molecule has 2 nitrogen and oxygen atoms in total. The summed E-state index contributed by atoms with van der Waals surface area (Å²) in [7, 11) is 0. The average molecular weight is 144 g/mol. The number of thioether (sulfide) groups is 1. The molecule has 3 heteroatoms. The van der Waals surface area contributed by atoms with Crippen LogP contribution >= 0.6 is 11.8 Å². The third kappa shape index (κ3) is 0.876. The van der Waals surface area contributed by atoms with E-state index in [1.807, 2.05) is 0 Å². The van der Waals surface area contributed by atoms with Gasteiger partial charge >= 0.3 is 0 Å². The Balaban J connectivity index is 1.99. The molecule has 2 N–H and O–H groups in total. The molecule has 2 aliphatic rings. The molecule has 0 amide bonds. The molecule has 0 aromatic carbocycles. The Hall–Kier alpha value is 0.270. The van der Waals surface area contributed by atoms with E-state index in [4.69, 9.17) is 0 Å². The predicted octanol–water partition coefficient (Wildman–Crippen LogP) is 0.0108. The van der Waals surface area contributed by atoms with E-state index in [2.05, 4.69) is 29.3 Å². The van der Waals surface area contributed by atoms with Crippen LogP contribution in [0, 0.1) is 0 Å². The first-order chi connectivity index (χ1) is 4.31. The van der Waals surface area contributed by atoms with Crippen LogP contribution < -0.4 is 10.6 Å². The topological polar surface area (TPSA) is 24.1 Å². The van der Waals surface area contributed by atoms with Crippen molar-refractivity contribution >= 4 is 11.8 Å². The number of hydrogen-bond donors (Lipinski definition) is 2. The van der Waals surface area contributed by atoms with Crippen molar-refractivity contribution in [1.82, 2.24) is 10.6 Å². The molecule has 0 aromatic rings. The summed E-state index contributed by atoms with van der Waals surface area (Å²) in [5, 5.41) is 6.85. The second-order valence-electron chi connectivity index (χ2n) is 2.95. The lowest BCUT2D eigenvalue weighted by Crippen LogP contribution is -2.64. The average Bonchev–Trinajstić information content (AvgIpc) is 2.09. The molecule has 2 heterocycles. The maximum Gasteiger partial charge on any atom is 0.0899 e. The van der Waals surface area contributed by atoms with Crippen LogP contribution in [0.1, 0.15) is 6.92 Å². The van der Waals surface area contributed by atoms with E-state index in [1.165, 1.54) is 5.75 Å². The Labute approximate surface area is 59.8 Å². The first kappa shape index (κ1) is 6.01. The van der Waals surface area contributed by atoms with E-state index < -0.39 is 0 Å². The fourth-order valence-electron chi connectivity index (χ4n) is 1.37. The van der Waals surface area contributed by atoms with Gasteiger partial charge in [-0.15, -0.1) is 11.8 Å². The molecule has 0 aliphatic carbocycles. The van der Waals surface area contributed by atoms with Crippen molar-refractivity contribution in [3.05, 3.63) is 0 Å². The first-order valence-corrected chi connectivity index (χ1v) is 4.42. The first-order valence-electron chi connectivity index (χ1n) is 3.43. The fraction of sp³-hybridized carbons (Fsp3) is 1.00. The number of rotatable bonds is 0. The van der Waals surface area contributed by atoms with Gasteiger partial charge in [-0.3, -0.25) is 5.32 Å². The lowest BCUT2D eigenvalue weighted by Gasteiger charge is -2.38. The Morgan fingerprint density at radius 2 is 2.33 bits per heavy atom. The molecule has 0 aromatic heterocycles. The minimum Gasteiger partial charge on any atom is -0.311 e. The molecule has 0 saturated carbocycles. The monoisotopic (exact) mass is 144 g/mol. The second-order valence-corrected chi connectivity index (χ2v) is 4.36. The zero-order valence-corrected chi connectivity index (χ0v) is 6.42. The van der Waals surface area contributed by atoms with Crippen molar-refractivity contribution in [3.63, 3.8) is 0 Å². The summed E-state index contributed by atoms with van der Waals surface area (Å²) in [6.45, 7) is 4.56. The van der Waals surface area contributed by atoms with Gasteiger partial charge in [0, 0.05) is 24.9 Å². The van der Waals surface area contributed by atoms with Gasteiger partial charge in [-0.05, 0) is 6.92 Å². The van der Waals surface area contributed by atoms with Gasteiger partial charge in [0.05, 0.1) is 4.87 Å². The van der Waals surface area contributed by atoms with E-state index in [0.29, 0.717) is 4.87 Å². The summed E-state index contributed by atoms with van der Waals surface area (Å²) >= 11 is 2.07. The molecule has 2 aliphatic heterocycles. The molecule has 1 spiro atoms. The van der Waals surface area contributed by atoms with Crippen molar-refractivity contribution < 1.29 is 0 Å². The van der Waals surface area contributed by atoms with E-state index in [0.717, 1.165) is 19.1 Å². The molecule has 9 heavy (non-hydrogen) atoms. The normalized spacial score (nSPS) is 39.0. The lowest BCUT2D eigenvalue weighted by atomic mass is 10.1. The van der Waals surface area contributed by atoms with Gasteiger partial charge in [0.1, 0.15) is 0 Å². The van der Waals surface area contributed by atoms with Crippen LogP contribution in [-0.2, 0) is 0 Å². The summed E-state index contributed by atoms with van der Waals surface area (Å²) in [6.07, 6.45) is 0. The van der Waals surface area contributed by atoms with Crippen molar-refractivity contribution in [3.8, 4) is 0 Å². The van der Waals surface area contributed by atoms with E-state index in [1.54, 1.807) is 0 Å². The molecule has 2 saturated heterocycles. The Kier molecular flexibility index (Phi) is 1.25.